The fourth-order valence-electron chi connectivity index (χ4n) is 5.27. The van der Waals surface area contributed by atoms with E-state index in [0.717, 1.165) is 65.0 Å². The van der Waals surface area contributed by atoms with Crippen LogP contribution in [0.1, 0.15) is 53.9 Å². The van der Waals surface area contributed by atoms with Crippen molar-refractivity contribution in [3.63, 3.8) is 0 Å². The molecule has 0 saturated carbocycles. The highest BCUT2D eigenvalue weighted by atomic mass is 35.5. The number of nitrogens with zero attached hydrogens (tertiary/aromatic N) is 1. The van der Waals surface area contributed by atoms with Crippen LogP contribution < -0.4 is 4.74 Å². The van der Waals surface area contributed by atoms with Gasteiger partial charge in [-0.3, -0.25) is 0 Å². The van der Waals surface area contributed by atoms with Crippen LogP contribution in [0.5, 0.6) is 5.75 Å². The summed E-state index contributed by atoms with van der Waals surface area (Å²) in [4.78, 5) is 5.68. The maximum absolute atomic E-state index is 11.0. The summed E-state index contributed by atoms with van der Waals surface area (Å²) in [6.45, 7) is 6.22. The SMILES string of the molecule is Cc1cc2c(cc1Cl)[C@@H](O)CC1(CCN(C[C@H](O)c3c(C)[nH]c4ccccc34)CC1)O2. The van der Waals surface area contributed by atoms with Crippen LogP contribution in [0.4, 0.5) is 0 Å². The monoisotopic (exact) mass is 440 g/mol. The molecule has 6 heteroatoms. The molecule has 3 aromatic rings. The van der Waals surface area contributed by atoms with Gasteiger partial charge in [0.05, 0.1) is 12.2 Å². The van der Waals surface area contributed by atoms with Crippen molar-refractivity contribution in [1.29, 1.82) is 0 Å². The third kappa shape index (κ3) is 3.74. The lowest BCUT2D eigenvalue weighted by atomic mass is 9.81. The summed E-state index contributed by atoms with van der Waals surface area (Å²) in [6.07, 6.45) is 1.12. The predicted molar refractivity (Wildman–Crippen MR) is 123 cm³/mol. The quantitative estimate of drug-likeness (QED) is 0.546. The molecular weight excluding hydrogens is 412 g/mol. The molecular formula is C25H29ClN2O3. The zero-order valence-corrected chi connectivity index (χ0v) is 18.7. The second kappa shape index (κ2) is 7.82. The summed E-state index contributed by atoms with van der Waals surface area (Å²) < 4.78 is 6.46. The van der Waals surface area contributed by atoms with E-state index in [-0.39, 0.29) is 5.60 Å². The Bertz CT molecular complexity index is 1120. The third-order valence-corrected chi connectivity index (χ3v) is 7.42. The number of ether oxygens (including phenoxy) is 1. The molecule has 1 fully saturated rings. The van der Waals surface area contributed by atoms with Crippen LogP contribution in [0, 0.1) is 13.8 Å². The van der Waals surface area contributed by atoms with Gasteiger partial charge in [-0.15, -0.1) is 0 Å². The molecule has 0 radical (unpaired) electrons. The molecule has 164 valence electrons. The number of halogens is 1. The van der Waals surface area contributed by atoms with E-state index < -0.39 is 12.2 Å². The van der Waals surface area contributed by atoms with Gasteiger partial charge in [-0.1, -0.05) is 29.8 Å². The third-order valence-electron chi connectivity index (χ3n) is 7.02. The lowest BCUT2D eigenvalue weighted by Gasteiger charge is -2.46. The van der Waals surface area contributed by atoms with Gasteiger partial charge in [0, 0.05) is 58.8 Å². The molecule has 1 saturated heterocycles. The summed E-state index contributed by atoms with van der Waals surface area (Å²) >= 11 is 6.25. The first kappa shape index (κ1) is 20.8. The number of fused-ring (bicyclic) bond motifs is 2. The van der Waals surface area contributed by atoms with Gasteiger partial charge in [0.15, 0.2) is 0 Å². The number of piperidine rings is 1. The average molecular weight is 441 g/mol. The topological polar surface area (TPSA) is 68.7 Å². The van der Waals surface area contributed by atoms with Gasteiger partial charge in [-0.25, -0.2) is 0 Å². The Kier molecular flexibility index (Phi) is 5.25. The number of aromatic nitrogens is 1. The van der Waals surface area contributed by atoms with Gasteiger partial charge in [-0.2, -0.15) is 0 Å². The summed E-state index contributed by atoms with van der Waals surface area (Å²) in [7, 11) is 0. The van der Waals surface area contributed by atoms with E-state index in [2.05, 4.69) is 16.0 Å². The molecule has 1 spiro atoms. The van der Waals surface area contributed by atoms with Crippen LogP contribution >= 0.6 is 11.6 Å². The number of H-pyrrole nitrogens is 1. The predicted octanol–water partition coefficient (Wildman–Crippen LogP) is 4.82. The van der Waals surface area contributed by atoms with Gasteiger partial charge >= 0.3 is 0 Å². The Hall–Kier alpha value is -2.05. The van der Waals surface area contributed by atoms with Crippen molar-refractivity contribution in [3.8, 4) is 5.75 Å². The van der Waals surface area contributed by atoms with Crippen molar-refractivity contribution in [2.24, 2.45) is 0 Å². The maximum atomic E-state index is 11.0. The van der Waals surface area contributed by atoms with Crippen LogP contribution in [0.2, 0.25) is 5.02 Å². The molecule has 1 aromatic heterocycles. The molecule has 2 aromatic carbocycles. The van der Waals surface area contributed by atoms with Gasteiger partial charge in [0.1, 0.15) is 11.4 Å². The first-order valence-electron chi connectivity index (χ1n) is 11.0. The van der Waals surface area contributed by atoms with Gasteiger partial charge in [0.25, 0.3) is 0 Å². The molecule has 5 nitrogen and oxygen atoms in total. The molecule has 2 aliphatic heterocycles. The Morgan fingerprint density at radius 1 is 1.23 bits per heavy atom. The van der Waals surface area contributed by atoms with E-state index in [9.17, 15) is 10.2 Å². The van der Waals surface area contributed by atoms with Crippen molar-refractivity contribution in [2.45, 2.75) is 50.9 Å². The van der Waals surface area contributed by atoms with Crippen molar-refractivity contribution >= 4 is 22.5 Å². The van der Waals surface area contributed by atoms with Crippen LogP contribution in [-0.4, -0.2) is 45.3 Å². The molecule has 3 N–H and O–H groups in total. The molecule has 5 rings (SSSR count). The normalized spacial score (nSPS) is 21.8. The number of aromatic amines is 1. The summed E-state index contributed by atoms with van der Waals surface area (Å²) in [5, 5.41) is 23.5. The smallest absolute Gasteiger partial charge is 0.126 e. The lowest BCUT2D eigenvalue weighted by molar-refractivity contribution is -0.0587. The number of hydrogen-bond acceptors (Lipinski definition) is 4. The maximum Gasteiger partial charge on any atom is 0.126 e. The Labute approximate surface area is 187 Å². The van der Waals surface area contributed by atoms with Crippen molar-refractivity contribution < 1.29 is 14.9 Å². The number of aliphatic hydroxyl groups excluding tert-OH is 2. The summed E-state index contributed by atoms with van der Waals surface area (Å²) in [6, 6.07) is 11.9. The molecule has 2 atom stereocenters. The highest BCUT2D eigenvalue weighted by molar-refractivity contribution is 6.31. The minimum Gasteiger partial charge on any atom is -0.487 e. The Morgan fingerprint density at radius 3 is 2.74 bits per heavy atom. The van der Waals surface area contributed by atoms with Gasteiger partial charge in [-0.05, 0) is 50.5 Å². The largest absolute Gasteiger partial charge is 0.487 e. The number of aliphatic hydroxyl groups is 2. The zero-order chi connectivity index (χ0) is 21.8. The van der Waals surface area contributed by atoms with Gasteiger partial charge < -0.3 is 24.8 Å². The molecule has 0 bridgehead atoms. The number of hydrogen-bond donors (Lipinski definition) is 3. The van der Waals surface area contributed by atoms with Crippen molar-refractivity contribution in [2.75, 3.05) is 19.6 Å². The fraction of sp³-hybridized carbons (Fsp3) is 0.440. The molecule has 0 amide bonds. The number of likely N-dealkylation sites (tertiary alicyclic amines) is 1. The number of rotatable bonds is 3. The number of para-hydroxylation sites is 1. The second-order valence-corrected chi connectivity index (χ2v) is 9.58. The lowest BCUT2D eigenvalue weighted by Crippen LogP contribution is -2.51. The molecule has 31 heavy (non-hydrogen) atoms. The summed E-state index contributed by atoms with van der Waals surface area (Å²) in [5.41, 5.74) is 4.46. The van der Waals surface area contributed by atoms with Crippen LogP contribution in [0.3, 0.4) is 0 Å². The summed E-state index contributed by atoms with van der Waals surface area (Å²) in [5.74, 6) is 0.753. The first-order chi connectivity index (χ1) is 14.8. The number of aryl methyl sites for hydroxylation is 2. The average Bonchev–Trinajstić information content (AvgIpc) is 3.07. The molecule has 2 aliphatic rings. The standard InChI is InChI=1S/C25H29ClN2O3/c1-15-11-23-18(12-19(15)26)21(29)13-25(31-23)7-9-28(10-8-25)14-22(30)24-16(2)27-20-6-4-3-5-17(20)24/h3-6,11-12,21-22,27,29-30H,7-10,13-14H2,1-2H3/t21-,22-/m0/s1. The van der Waals surface area contributed by atoms with E-state index >= 15 is 0 Å². The number of benzene rings is 2. The second-order valence-electron chi connectivity index (χ2n) is 9.17. The van der Waals surface area contributed by atoms with Crippen LogP contribution in [0.25, 0.3) is 10.9 Å². The highest BCUT2D eigenvalue weighted by Gasteiger charge is 2.43. The number of β-amino-alcohol motifs (C(OH)–C–C–N with tert-alkyl or cyclic N) is 1. The highest BCUT2D eigenvalue weighted by Crippen LogP contribution is 2.46. The van der Waals surface area contributed by atoms with E-state index in [1.54, 1.807) is 0 Å². The van der Waals surface area contributed by atoms with Crippen LogP contribution in [0.15, 0.2) is 36.4 Å². The fourth-order valence-corrected chi connectivity index (χ4v) is 5.44. The zero-order valence-electron chi connectivity index (χ0n) is 18.0. The van der Waals surface area contributed by atoms with Crippen LogP contribution in [-0.2, 0) is 0 Å². The minimum absolute atomic E-state index is 0.356. The van der Waals surface area contributed by atoms with Crippen molar-refractivity contribution in [3.05, 3.63) is 63.8 Å². The molecule has 0 aliphatic carbocycles. The first-order valence-corrected chi connectivity index (χ1v) is 11.4. The van der Waals surface area contributed by atoms with E-state index in [0.29, 0.717) is 18.0 Å². The minimum atomic E-state index is -0.562. The Balaban J connectivity index is 1.28. The van der Waals surface area contributed by atoms with E-state index in [4.69, 9.17) is 16.3 Å². The van der Waals surface area contributed by atoms with E-state index in [1.807, 2.05) is 44.2 Å². The number of nitrogens with one attached hydrogen (secondary N) is 1. The Morgan fingerprint density at radius 2 is 1.97 bits per heavy atom. The molecule has 0 unspecified atom stereocenters. The molecule has 3 heterocycles. The van der Waals surface area contributed by atoms with Gasteiger partial charge in [0.2, 0.25) is 0 Å². The van der Waals surface area contributed by atoms with Crippen molar-refractivity contribution in [1.82, 2.24) is 9.88 Å². The van der Waals surface area contributed by atoms with E-state index in [1.165, 1.54) is 0 Å².